The van der Waals surface area contributed by atoms with Gasteiger partial charge in [0.05, 0.1) is 15.5 Å². The van der Waals surface area contributed by atoms with Crippen molar-refractivity contribution in [3.63, 3.8) is 0 Å². The molecular weight excluding hydrogens is 428 g/mol. The highest BCUT2D eigenvalue weighted by atomic mass is 32.2. The fraction of sp³-hybridized carbons (Fsp3) is 0.304. The monoisotopic (exact) mass is 454 g/mol. The standard InChI is InChI=1S/C23H26N4O4S/c1-17(28)25-12-14-26(15-13-25)23(29)11-9-18-8-10-22(20(16-18)27(30)31)32-21-7-5-4-6-19(21)24(2)3/h4-11,16H,12-15H2,1-3H3/b11-9+. The van der Waals surface area contributed by atoms with Gasteiger partial charge >= 0.3 is 0 Å². The van der Waals surface area contributed by atoms with Crippen LogP contribution in [-0.4, -0.2) is 66.8 Å². The van der Waals surface area contributed by atoms with Gasteiger partial charge in [-0.05, 0) is 29.8 Å². The molecule has 0 aliphatic carbocycles. The van der Waals surface area contributed by atoms with Crippen molar-refractivity contribution in [2.45, 2.75) is 16.7 Å². The van der Waals surface area contributed by atoms with Gasteiger partial charge in [0.1, 0.15) is 0 Å². The van der Waals surface area contributed by atoms with Crippen LogP contribution in [0.5, 0.6) is 0 Å². The molecule has 2 aromatic carbocycles. The zero-order valence-electron chi connectivity index (χ0n) is 18.4. The maximum Gasteiger partial charge on any atom is 0.283 e. The van der Waals surface area contributed by atoms with Gasteiger partial charge in [0.2, 0.25) is 11.8 Å². The third kappa shape index (κ3) is 5.67. The van der Waals surface area contributed by atoms with Gasteiger partial charge in [-0.15, -0.1) is 0 Å². The number of piperazine rings is 1. The van der Waals surface area contributed by atoms with Crippen molar-refractivity contribution in [3.05, 3.63) is 64.2 Å². The molecule has 8 nitrogen and oxygen atoms in total. The SMILES string of the molecule is CC(=O)N1CCN(C(=O)/C=C/c2ccc(Sc3ccccc3N(C)C)c([N+](=O)[O-])c2)CC1. The Morgan fingerprint density at radius 3 is 2.31 bits per heavy atom. The van der Waals surface area contributed by atoms with Crippen LogP contribution in [0.4, 0.5) is 11.4 Å². The van der Waals surface area contributed by atoms with Crippen molar-refractivity contribution in [1.29, 1.82) is 0 Å². The van der Waals surface area contributed by atoms with Gasteiger partial charge in [0, 0.05) is 64.2 Å². The first-order chi connectivity index (χ1) is 15.3. The first-order valence-electron chi connectivity index (χ1n) is 10.2. The second kappa shape index (κ2) is 10.3. The molecule has 0 saturated carbocycles. The maximum atomic E-state index is 12.5. The van der Waals surface area contributed by atoms with E-state index in [1.807, 2.05) is 43.3 Å². The largest absolute Gasteiger partial charge is 0.377 e. The molecule has 32 heavy (non-hydrogen) atoms. The molecule has 2 amide bonds. The number of para-hydroxylation sites is 1. The van der Waals surface area contributed by atoms with Gasteiger partial charge in [0.25, 0.3) is 5.69 Å². The molecular formula is C23H26N4O4S. The first-order valence-corrected chi connectivity index (χ1v) is 11.0. The summed E-state index contributed by atoms with van der Waals surface area (Å²) in [5, 5.41) is 11.7. The number of hydrogen-bond donors (Lipinski definition) is 0. The molecule has 168 valence electrons. The normalized spacial score (nSPS) is 14.0. The molecule has 2 aromatic rings. The third-order valence-electron chi connectivity index (χ3n) is 5.20. The summed E-state index contributed by atoms with van der Waals surface area (Å²) in [5.74, 6) is -0.166. The lowest BCUT2D eigenvalue weighted by atomic mass is 10.2. The molecule has 0 radical (unpaired) electrons. The first kappa shape index (κ1) is 23.3. The molecule has 1 saturated heterocycles. The predicted octanol–water partition coefficient (Wildman–Crippen LogP) is 3.52. The molecule has 0 atom stereocenters. The number of carbonyl (C=O) groups is 2. The van der Waals surface area contributed by atoms with E-state index < -0.39 is 4.92 Å². The fourth-order valence-corrected chi connectivity index (χ4v) is 4.53. The average molecular weight is 455 g/mol. The van der Waals surface area contributed by atoms with Crippen LogP contribution in [0.2, 0.25) is 0 Å². The van der Waals surface area contributed by atoms with E-state index in [1.54, 1.807) is 28.0 Å². The lowest BCUT2D eigenvalue weighted by Gasteiger charge is -2.33. The number of nitrogens with zero attached hydrogens (tertiary/aromatic N) is 4. The zero-order chi connectivity index (χ0) is 23.3. The van der Waals surface area contributed by atoms with E-state index in [4.69, 9.17) is 0 Å². The molecule has 0 aromatic heterocycles. The van der Waals surface area contributed by atoms with Gasteiger partial charge in [-0.2, -0.15) is 0 Å². The number of nitro groups is 1. The lowest BCUT2D eigenvalue weighted by Crippen LogP contribution is -2.49. The topological polar surface area (TPSA) is 87.0 Å². The van der Waals surface area contributed by atoms with Crippen molar-refractivity contribution < 1.29 is 14.5 Å². The summed E-state index contributed by atoms with van der Waals surface area (Å²) in [6.45, 7) is 3.50. The fourth-order valence-electron chi connectivity index (χ4n) is 3.41. The second-order valence-corrected chi connectivity index (χ2v) is 8.70. The Bertz CT molecular complexity index is 1050. The highest BCUT2D eigenvalue weighted by Gasteiger charge is 2.21. The van der Waals surface area contributed by atoms with Crippen LogP contribution in [0.1, 0.15) is 12.5 Å². The van der Waals surface area contributed by atoms with Crippen molar-refractivity contribution >= 4 is 41.0 Å². The summed E-state index contributed by atoms with van der Waals surface area (Å²) < 4.78 is 0. The number of amides is 2. The van der Waals surface area contributed by atoms with Gasteiger partial charge in [-0.25, -0.2) is 0 Å². The smallest absolute Gasteiger partial charge is 0.283 e. The minimum Gasteiger partial charge on any atom is -0.377 e. The number of benzene rings is 2. The average Bonchev–Trinajstić information content (AvgIpc) is 2.78. The molecule has 9 heteroatoms. The zero-order valence-corrected chi connectivity index (χ0v) is 19.2. The number of anilines is 1. The Balaban J connectivity index is 1.74. The van der Waals surface area contributed by atoms with E-state index in [2.05, 4.69) is 0 Å². The molecule has 1 heterocycles. The van der Waals surface area contributed by atoms with Crippen LogP contribution in [0.3, 0.4) is 0 Å². The molecule has 0 bridgehead atoms. The Labute approximate surface area is 191 Å². The number of hydrogen-bond acceptors (Lipinski definition) is 6. The molecule has 0 spiro atoms. The van der Waals surface area contributed by atoms with Crippen LogP contribution < -0.4 is 4.90 Å². The van der Waals surface area contributed by atoms with Crippen molar-refractivity contribution in [3.8, 4) is 0 Å². The highest BCUT2D eigenvalue weighted by Crippen LogP contribution is 2.39. The molecule has 1 fully saturated rings. The van der Waals surface area contributed by atoms with Crippen molar-refractivity contribution in [1.82, 2.24) is 9.80 Å². The van der Waals surface area contributed by atoms with Crippen molar-refractivity contribution in [2.24, 2.45) is 0 Å². The summed E-state index contributed by atoms with van der Waals surface area (Å²) in [6, 6.07) is 12.7. The van der Waals surface area contributed by atoms with Crippen molar-refractivity contribution in [2.75, 3.05) is 45.2 Å². The summed E-state index contributed by atoms with van der Waals surface area (Å²) in [4.78, 5) is 42.0. The van der Waals surface area contributed by atoms with Gasteiger partial charge in [0.15, 0.2) is 0 Å². The maximum absolute atomic E-state index is 12.5. The van der Waals surface area contributed by atoms with Crippen LogP contribution in [0.25, 0.3) is 6.08 Å². The van der Waals surface area contributed by atoms with E-state index in [0.29, 0.717) is 36.6 Å². The predicted molar refractivity (Wildman–Crippen MR) is 126 cm³/mol. The van der Waals surface area contributed by atoms with E-state index in [9.17, 15) is 19.7 Å². The summed E-state index contributed by atoms with van der Waals surface area (Å²) in [7, 11) is 3.86. The van der Waals surface area contributed by atoms with Crippen LogP contribution in [0, 0.1) is 10.1 Å². The second-order valence-electron chi connectivity index (χ2n) is 7.61. The van der Waals surface area contributed by atoms with E-state index in [-0.39, 0.29) is 17.5 Å². The quantitative estimate of drug-likeness (QED) is 0.377. The Morgan fingerprint density at radius 2 is 1.69 bits per heavy atom. The Morgan fingerprint density at radius 1 is 1.03 bits per heavy atom. The Kier molecular flexibility index (Phi) is 7.53. The summed E-state index contributed by atoms with van der Waals surface area (Å²) in [5.41, 5.74) is 1.55. The minimum atomic E-state index is -0.402. The molecule has 0 N–H and O–H groups in total. The third-order valence-corrected chi connectivity index (χ3v) is 6.33. The van der Waals surface area contributed by atoms with Gasteiger partial charge in [-0.3, -0.25) is 19.7 Å². The van der Waals surface area contributed by atoms with Crippen LogP contribution in [-0.2, 0) is 9.59 Å². The van der Waals surface area contributed by atoms with E-state index in [0.717, 1.165) is 10.6 Å². The molecule has 3 rings (SSSR count). The number of rotatable bonds is 6. The number of carbonyl (C=O) groups excluding carboxylic acids is 2. The summed E-state index contributed by atoms with van der Waals surface area (Å²) >= 11 is 1.34. The molecule has 1 aliphatic heterocycles. The van der Waals surface area contributed by atoms with E-state index >= 15 is 0 Å². The lowest BCUT2D eigenvalue weighted by molar-refractivity contribution is -0.387. The summed E-state index contributed by atoms with van der Waals surface area (Å²) in [6.07, 6.45) is 3.02. The Hall–Kier alpha value is -3.33. The van der Waals surface area contributed by atoms with Crippen LogP contribution in [0.15, 0.2) is 58.3 Å². The molecule has 0 unspecified atom stereocenters. The van der Waals surface area contributed by atoms with Gasteiger partial charge in [-0.1, -0.05) is 30.0 Å². The van der Waals surface area contributed by atoms with Crippen LogP contribution >= 0.6 is 11.8 Å². The van der Waals surface area contributed by atoms with E-state index in [1.165, 1.54) is 30.8 Å². The number of nitro benzene ring substituents is 1. The van der Waals surface area contributed by atoms with Gasteiger partial charge < -0.3 is 14.7 Å². The highest BCUT2D eigenvalue weighted by molar-refractivity contribution is 7.99. The molecule has 1 aliphatic rings. The minimum absolute atomic E-state index is 0.00566.